The molecular formula is C29H32N6O3. The number of benzene rings is 2. The molecule has 0 atom stereocenters. The average Bonchev–Trinajstić information content (AvgIpc) is 2.98. The number of aromatic nitrogens is 1. The number of anilines is 2. The number of pyridine rings is 1. The highest BCUT2D eigenvalue weighted by molar-refractivity contribution is 6.00. The van der Waals surface area contributed by atoms with Crippen molar-refractivity contribution in [3.8, 4) is 0 Å². The van der Waals surface area contributed by atoms with Gasteiger partial charge in [-0.25, -0.2) is 0 Å². The summed E-state index contributed by atoms with van der Waals surface area (Å²) in [6, 6.07) is 18.6. The van der Waals surface area contributed by atoms with Crippen molar-refractivity contribution >= 4 is 29.1 Å². The Kier molecular flexibility index (Phi) is 7.94. The Morgan fingerprint density at radius 2 is 1.50 bits per heavy atom. The van der Waals surface area contributed by atoms with Crippen molar-refractivity contribution in [3.05, 3.63) is 89.7 Å². The summed E-state index contributed by atoms with van der Waals surface area (Å²) in [4.78, 5) is 48.9. The molecule has 9 nitrogen and oxygen atoms in total. The lowest BCUT2D eigenvalue weighted by Crippen LogP contribution is -2.49. The lowest BCUT2D eigenvalue weighted by Gasteiger charge is -2.37. The third-order valence-corrected chi connectivity index (χ3v) is 6.95. The highest BCUT2D eigenvalue weighted by Gasteiger charge is 2.25. The molecule has 3 aromatic rings. The molecule has 38 heavy (non-hydrogen) atoms. The molecule has 0 unspecified atom stereocenters. The molecule has 2 N–H and O–H groups in total. The average molecular weight is 513 g/mol. The first-order chi connectivity index (χ1) is 18.6. The van der Waals surface area contributed by atoms with E-state index in [0.717, 1.165) is 24.3 Å². The smallest absolute Gasteiger partial charge is 0.255 e. The van der Waals surface area contributed by atoms with Crippen molar-refractivity contribution in [1.29, 1.82) is 0 Å². The second-order valence-corrected chi connectivity index (χ2v) is 9.51. The molecule has 0 spiro atoms. The Morgan fingerprint density at radius 3 is 2.21 bits per heavy atom. The number of carbonyl (C=O) groups is 3. The van der Waals surface area contributed by atoms with Gasteiger partial charge >= 0.3 is 0 Å². The molecule has 9 heteroatoms. The van der Waals surface area contributed by atoms with E-state index >= 15 is 0 Å². The summed E-state index contributed by atoms with van der Waals surface area (Å²) in [5, 5.41) is 6.33. The van der Waals surface area contributed by atoms with Gasteiger partial charge in [-0.05, 0) is 35.9 Å². The van der Waals surface area contributed by atoms with E-state index in [1.807, 2.05) is 52.3 Å². The van der Waals surface area contributed by atoms with Gasteiger partial charge in [-0.2, -0.15) is 0 Å². The zero-order valence-corrected chi connectivity index (χ0v) is 21.3. The second-order valence-electron chi connectivity index (χ2n) is 9.51. The lowest BCUT2D eigenvalue weighted by molar-refractivity contribution is -0.115. The third kappa shape index (κ3) is 6.00. The Hall–Kier alpha value is -4.24. The van der Waals surface area contributed by atoms with Gasteiger partial charge in [0.15, 0.2) is 0 Å². The van der Waals surface area contributed by atoms with Crippen molar-refractivity contribution in [1.82, 2.24) is 20.1 Å². The monoisotopic (exact) mass is 512 g/mol. The summed E-state index contributed by atoms with van der Waals surface area (Å²) in [5.41, 5.74) is 3.50. The summed E-state index contributed by atoms with van der Waals surface area (Å²) in [5.74, 6) is -0.218. The molecule has 2 aliphatic rings. The van der Waals surface area contributed by atoms with Crippen molar-refractivity contribution in [3.63, 3.8) is 0 Å². The SMILES string of the molecule is O=C(Cc1ccccc1)Nc1cc(C(=O)N2CCNCC2)ccc1N1CCN(C(=O)c2cccnc2)CC1. The van der Waals surface area contributed by atoms with Crippen LogP contribution in [0.25, 0.3) is 0 Å². The minimum absolute atomic E-state index is 0.0360. The van der Waals surface area contributed by atoms with Gasteiger partial charge in [0, 0.05) is 70.3 Å². The second kappa shape index (κ2) is 11.9. The van der Waals surface area contributed by atoms with E-state index in [4.69, 9.17) is 0 Å². The third-order valence-electron chi connectivity index (χ3n) is 6.95. The number of hydrogen-bond donors (Lipinski definition) is 2. The van der Waals surface area contributed by atoms with Gasteiger partial charge in [-0.1, -0.05) is 30.3 Å². The van der Waals surface area contributed by atoms with Crippen LogP contribution in [0.2, 0.25) is 0 Å². The number of piperazine rings is 2. The maximum absolute atomic E-state index is 13.2. The molecule has 2 aliphatic heterocycles. The summed E-state index contributed by atoms with van der Waals surface area (Å²) in [6.07, 6.45) is 3.48. The summed E-state index contributed by atoms with van der Waals surface area (Å²) < 4.78 is 0. The van der Waals surface area contributed by atoms with E-state index in [1.54, 1.807) is 30.6 Å². The normalized spacial score (nSPS) is 15.7. The number of amides is 3. The molecule has 2 fully saturated rings. The molecule has 2 aromatic carbocycles. The molecule has 0 radical (unpaired) electrons. The molecule has 1 aromatic heterocycles. The van der Waals surface area contributed by atoms with Crippen LogP contribution < -0.4 is 15.5 Å². The highest BCUT2D eigenvalue weighted by Crippen LogP contribution is 2.29. The number of carbonyl (C=O) groups excluding carboxylic acids is 3. The fraction of sp³-hybridized carbons (Fsp3) is 0.310. The maximum atomic E-state index is 13.2. The van der Waals surface area contributed by atoms with Crippen LogP contribution in [0.3, 0.4) is 0 Å². The number of nitrogens with zero attached hydrogens (tertiary/aromatic N) is 4. The van der Waals surface area contributed by atoms with Crippen molar-refractivity contribution < 1.29 is 14.4 Å². The minimum Gasteiger partial charge on any atom is -0.366 e. The predicted molar refractivity (Wildman–Crippen MR) is 146 cm³/mol. The largest absolute Gasteiger partial charge is 0.366 e. The van der Waals surface area contributed by atoms with Crippen LogP contribution >= 0.6 is 0 Å². The Bertz CT molecular complexity index is 1270. The summed E-state index contributed by atoms with van der Waals surface area (Å²) >= 11 is 0. The first-order valence-corrected chi connectivity index (χ1v) is 13.0. The standard InChI is InChI=1S/C29H32N6O3/c36-27(19-22-5-2-1-3-6-22)32-25-20-23(28(37)34-13-11-30-12-14-34)8-9-26(25)33-15-17-35(18-16-33)29(38)24-7-4-10-31-21-24/h1-10,20-21,30H,11-19H2,(H,32,36). The van der Waals surface area contributed by atoms with Gasteiger partial charge in [0.1, 0.15) is 0 Å². The number of rotatable bonds is 6. The van der Waals surface area contributed by atoms with E-state index in [-0.39, 0.29) is 24.1 Å². The zero-order chi connectivity index (χ0) is 26.3. The Balaban J connectivity index is 1.34. The molecular weight excluding hydrogens is 480 g/mol. The topological polar surface area (TPSA) is 97.9 Å². The van der Waals surface area contributed by atoms with E-state index in [0.29, 0.717) is 56.1 Å². The molecule has 0 aliphatic carbocycles. The van der Waals surface area contributed by atoms with E-state index in [2.05, 4.69) is 20.5 Å². The molecule has 2 saturated heterocycles. The molecule has 3 heterocycles. The van der Waals surface area contributed by atoms with Crippen molar-refractivity contribution in [2.24, 2.45) is 0 Å². The van der Waals surface area contributed by atoms with Crippen LogP contribution in [-0.2, 0) is 11.2 Å². The lowest BCUT2D eigenvalue weighted by atomic mass is 10.1. The molecule has 3 amide bonds. The van der Waals surface area contributed by atoms with Crippen LogP contribution in [0.4, 0.5) is 11.4 Å². The predicted octanol–water partition coefficient (Wildman–Crippen LogP) is 2.27. The Labute approximate surface area is 222 Å². The molecule has 0 bridgehead atoms. The van der Waals surface area contributed by atoms with Gasteiger partial charge in [-0.3, -0.25) is 19.4 Å². The van der Waals surface area contributed by atoms with Gasteiger partial charge in [0.25, 0.3) is 11.8 Å². The minimum atomic E-state index is -0.144. The molecule has 196 valence electrons. The van der Waals surface area contributed by atoms with Crippen LogP contribution in [0.15, 0.2) is 73.1 Å². The van der Waals surface area contributed by atoms with Crippen LogP contribution in [0.5, 0.6) is 0 Å². The van der Waals surface area contributed by atoms with Gasteiger partial charge < -0.3 is 25.3 Å². The maximum Gasteiger partial charge on any atom is 0.255 e. The van der Waals surface area contributed by atoms with E-state index in [1.165, 1.54) is 0 Å². The molecule has 5 rings (SSSR count). The van der Waals surface area contributed by atoms with Crippen LogP contribution in [-0.4, -0.2) is 84.9 Å². The fourth-order valence-electron chi connectivity index (χ4n) is 4.89. The van der Waals surface area contributed by atoms with Crippen LogP contribution in [0, 0.1) is 0 Å². The first kappa shape index (κ1) is 25.4. The van der Waals surface area contributed by atoms with Crippen molar-refractivity contribution in [2.45, 2.75) is 6.42 Å². The van der Waals surface area contributed by atoms with Crippen molar-refractivity contribution in [2.75, 3.05) is 62.6 Å². The summed E-state index contributed by atoms with van der Waals surface area (Å²) in [6.45, 7) is 5.17. The highest BCUT2D eigenvalue weighted by atomic mass is 16.2. The van der Waals surface area contributed by atoms with Gasteiger partial charge in [-0.15, -0.1) is 0 Å². The first-order valence-electron chi connectivity index (χ1n) is 13.0. The van der Waals surface area contributed by atoms with Crippen LogP contribution in [0.1, 0.15) is 26.3 Å². The quantitative estimate of drug-likeness (QED) is 0.526. The number of hydrogen-bond acceptors (Lipinski definition) is 6. The van der Waals surface area contributed by atoms with Gasteiger partial charge in [0.2, 0.25) is 5.91 Å². The van der Waals surface area contributed by atoms with Gasteiger partial charge in [0.05, 0.1) is 23.4 Å². The van der Waals surface area contributed by atoms with E-state index < -0.39 is 0 Å². The van der Waals surface area contributed by atoms with E-state index in [9.17, 15) is 14.4 Å². The number of nitrogens with one attached hydrogen (secondary N) is 2. The Morgan fingerprint density at radius 1 is 0.789 bits per heavy atom. The zero-order valence-electron chi connectivity index (χ0n) is 21.3. The summed E-state index contributed by atoms with van der Waals surface area (Å²) in [7, 11) is 0. The molecule has 0 saturated carbocycles. The fourth-order valence-corrected chi connectivity index (χ4v) is 4.89.